The van der Waals surface area contributed by atoms with E-state index in [2.05, 4.69) is 19.6 Å². The molecule has 1 unspecified atom stereocenters. The minimum atomic E-state index is -0.885. The zero-order valence-corrected chi connectivity index (χ0v) is 16.1. The van der Waals surface area contributed by atoms with Gasteiger partial charge < -0.3 is 14.2 Å². The molecule has 0 aliphatic carbocycles. The Bertz CT molecular complexity index is 219. The summed E-state index contributed by atoms with van der Waals surface area (Å²) in [5.74, 6) is 0.191. The van der Waals surface area contributed by atoms with Crippen molar-refractivity contribution >= 4 is 12.6 Å². The van der Waals surface area contributed by atoms with Crippen molar-refractivity contribution in [2.45, 2.75) is 85.0 Å². The van der Waals surface area contributed by atoms with Crippen LogP contribution in [0.15, 0.2) is 0 Å². The number of ether oxygens (including phenoxy) is 3. The molecule has 1 atom stereocenters. The third-order valence-corrected chi connectivity index (χ3v) is 4.18. The zero-order valence-electron chi connectivity index (χ0n) is 15.2. The van der Waals surface area contributed by atoms with Crippen molar-refractivity contribution in [1.29, 1.82) is 0 Å². The van der Waals surface area contributed by atoms with Crippen LogP contribution in [0.5, 0.6) is 0 Å². The highest BCUT2D eigenvalue weighted by atomic mass is 32.1. The molecule has 134 valence electrons. The molecule has 0 fully saturated rings. The van der Waals surface area contributed by atoms with Crippen molar-refractivity contribution in [3.8, 4) is 0 Å². The smallest absolute Gasteiger partial charge is 0.285 e. The third-order valence-electron chi connectivity index (χ3n) is 3.92. The van der Waals surface area contributed by atoms with Crippen LogP contribution in [0, 0.1) is 5.92 Å². The van der Waals surface area contributed by atoms with Crippen LogP contribution in [-0.2, 0) is 14.2 Å². The summed E-state index contributed by atoms with van der Waals surface area (Å²) < 4.78 is 17.8. The molecule has 0 bridgehead atoms. The van der Waals surface area contributed by atoms with E-state index >= 15 is 0 Å². The van der Waals surface area contributed by atoms with E-state index in [1.54, 1.807) is 0 Å². The molecule has 0 heterocycles. The fraction of sp³-hybridized carbons (Fsp3) is 1.00. The molecule has 0 radical (unpaired) electrons. The summed E-state index contributed by atoms with van der Waals surface area (Å²) in [7, 11) is 0. The Kier molecular flexibility index (Phi) is 15.0. The van der Waals surface area contributed by atoms with Crippen LogP contribution < -0.4 is 0 Å². The SMILES string of the molecule is CCCCCCCCC(CCS)C(OCC)(OCC)OCC. The van der Waals surface area contributed by atoms with E-state index in [1.807, 2.05) is 20.8 Å². The summed E-state index contributed by atoms with van der Waals surface area (Å²) in [5, 5.41) is 0. The number of hydrogen-bond donors (Lipinski definition) is 1. The van der Waals surface area contributed by atoms with Crippen molar-refractivity contribution in [3.63, 3.8) is 0 Å². The van der Waals surface area contributed by atoms with Gasteiger partial charge in [-0.3, -0.25) is 0 Å². The molecule has 0 spiro atoms. The van der Waals surface area contributed by atoms with Crippen LogP contribution in [0.3, 0.4) is 0 Å². The topological polar surface area (TPSA) is 27.7 Å². The molecule has 0 aromatic carbocycles. The quantitative estimate of drug-likeness (QED) is 0.231. The fourth-order valence-electron chi connectivity index (χ4n) is 2.91. The normalized spacial score (nSPS) is 13.5. The minimum absolute atomic E-state index is 0.246. The highest BCUT2D eigenvalue weighted by Crippen LogP contribution is 2.33. The summed E-state index contributed by atoms with van der Waals surface area (Å²) >= 11 is 4.42. The molecule has 4 heteroatoms. The summed E-state index contributed by atoms with van der Waals surface area (Å²) in [6, 6.07) is 0. The number of unbranched alkanes of at least 4 members (excludes halogenated alkanes) is 5. The highest BCUT2D eigenvalue weighted by molar-refractivity contribution is 7.80. The molecule has 0 aromatic heterocycles. The maximum absolute atomic E-state index is 5.94. The molecule has 0 aromatic rings. The van der Waals surface area contributed by atoms with Gasteiger partial charge in [0.1, 0.15) is 0 Å². The monoisotopic (exact) mass is 334 g/mol. The Hall–Kier alpha value is 0.230. The molecular weight excluding hydrogens is 296 g/mol. The van der Waals surface area contributed by atoms with Crippen LogP contribution >= 0.6 is 12.6 Å². The van der Waals surface area contributed by atoms with E-state index in [9.17, 15) is 0 Å². The first-order chi connectivity index (χ1) is 10.7. The van der Waals surface area contributed by atoms with Crippen LogP contribution in [0.2, 0.25) is 0 Å². The number of thiol groups is 1. The van der Waals surface area contributed by atoms with E-state index in [4.69, 9.17) is 14.2 Å². The molecule has 3 nitrogen and oxygen atoms in total. The lowest BCUT2D eigenvalue weighted by molar-refractivity contribution is -0.402. The van der Waals surface area contributed by atoms with Crippen molar-refractivity contribution in [2.75, 3.05) is 25.6 Å². The second kappa shape index (κ2) is 14.8. The molecular formula is C18H38O3S. The lowest BCUT2D eigenvalue weighted by Crippen LogP contribution is -2.47. The lowest BCUT2D eigenvalue weighted by atomic mass is 9.95. The Morgan fingerprint density at radius 3 is 1.68 bits per heavy atom. The molecule has 0 rings (SSSR count). The van der Waals surface area contributed by atoms with Gasteiger partial charge in [-0.15, -0.1) is 0 Å². The zero-order chi connectivity index (χ0) is 16.7. The Labute approximate surface area is 143 Å². The van der Waals surface area contributed by atoms with Gasteiger partial charge in [-0.05, 0) is 39.4 Å². The average molecular weight is 335 g/mol. The predicted octanol–water partition coefficient (Wildman–Crippen LogP) is 5.44. The largest absolute Gasteiger partial charge is 0.328 e. The second-order valence-electron chi connectivity index (χ2n) is 5.67. The molecule has 0 saturated heterocycles. The van der Waals surface area contributed by atoms with E-state index < -0.39 is 5.97 Å². The van der Waals surface area contributed by atoms with Crippen LogP contribution in [0.25, 0.3) is 0 Å². The lowest BCUT2D eigenvalue weighted by Gasteiger charge is -2.39. The molecule has 22 heavy (non-hydrogen) atoms. The summed E-state index contributed by atoms with van der Waals surface area (Å²) in [4.78, 5) is 0. The van der Waals surface area contributed by atoms with Crippen LogP contribution in [0.4, 0.5) is 0 Å². The van der Waals surface area contributed by atoms with Crippen molar-refractivity contribution in [2.24, 2.45) is 5.92 Å². The minimum Gasteiger partial charge on any atom is -0.328 e. The van der Waals surface area contributed by atoms with Gasteiger partial charge in [0.15, 0.2) is 0 Å². The highest BCUT2D eigenvalue weighted by Gasteiger charge is 2.41. The van der Waals surface area contributed by atoms with Crippen LogP contribution in [-0.4, -0.2) is 31.5 Å². The summed E-state index contributed by atoms with van der Waals surface area (Å²) in [6.07, 6.45) is 9.84. The maximum atomic E-state index is 5.94. The Morgan fingerprint density at radius 2 is 1.23 bits per heavy atom. The molecule has 0 aliphatic heterocycles. The summed E-state index contributed by atoms with van der Waals surface area (Å²) in [5.41, 5.74) is 0. The van der Waals surface area contributed by atoms with Gasteiger partial charge in [-0.2, -0.15) is 12.6 Å². The van der Waals surface area contributed by atoms with Gasteiger partial charge in [-0.1, -0.05) is 45.4 Å². The van der Waals surface area contributed by atoms with Crippen LogP contribution in [0.1, 0.15) is 79.1 Å². The molecule has 0 saturated carbocycles. The molecule has 0 N–H and O–H groups in total. The maximum Gasteiger partial charge on any atom is 0.285 e. The van der Waals surface area contributed by atoms with Gasteiger partial charge in [0.2, 0.25) is 0 Å². The van der Waals surface area contributed by atoms with Gasteiger partial charge in [0.25, 0.3) is 5.97 Å². The fourth-order valence-corrected chi connectivity index (χ4v) is 3.22. The van der Waals surface area contributed by atoms with Gasteiger partial charge >= 0.3 is 0 Å². The number of hydrogen-bond acceptors (Lipinski definition) is 4. The number of rotatable bonds is 16. The second-order valence-corrected chi connectivity index (χ2v) is 6.12. The van der Waals surface area contributed by atoms with Crippen molar-refractivity contribution < 1.29 is 14.2 Å². The molecule has 0 aliphatic rings. The summed E-state index contributed by atoms with van der Waals surface area (Å²) in [6.45, 7) is 10.0. The molecule has 0 amide bonds. The predicted molar refractivity (Wildman–Crippen MR) is 97.6 cm³/mol. The van der Waals surface area contributed by atoms with Gasteiger partial charge in [0, 0.05) is 25.7 Å². The first kappa shape index (κ1) is 22.2. The third kappa shape index (κ3) is 8.76. The standard InChI is InChI=1S/C18H38O3S/c1-5-9-10-11-12-13-14-17(15-16-22)18(19-6-2,20-7-3)21-8-4/h17,22H,5-16H2,1-4H3. The first-order valence-corrected chi connectivity index (χ1v) is 9.86. The van der Waals surface area contributed by atoms with E-state index in [0.717, 1.165) is 18.6 Å². The first-order valence-electron chi connectivity index (χ1n) is 9.23. The van der Waals surface area contributed by atoms with Gasteiger partial charge in [0.05, 0.1) is 0 Å². The Morgan fingerprint density at radius 1 is 0.727 bits per heavy atom. The van der Waals surface area contributed by atoms with Gasteiger partial charge in [-0.25, -0.2) is 0 Å². The van der Waals surface area contributed by atoms with E-state index in [1.165, 1.54) is 38.5 Å². The van der Waals surface area contributed by atoms with Crippen molar-refractivity contribution in [3.05, 3.63) is 0 Å². The van der Waals surface area contributed by atoms with E-state index in [-0.39, 0.29) is 5.92 Å². The Balaban J connectivity index is 4.58. The van der Waals surface area contributed by atoms with E-state index in [0.29, 0.717) is 19.8 Å². The average Bonchev–Trinajstić information content (AvgIpc) is 2.50. The van der Waals surface area contributed by atoms with Crippen molar-refractivity contribution in [1.82, 2.24) is 0 Å².